The van der Waals surface area contributed by atoms with E-state index in [0.717, 1.165) is 22.3 Å². The van der Waals surface area contributed by atoms with Gasteiger partial charge in [-0.3, -0.25) is 19.7 Å². The highest BCUT2D eigenvalue weighted by Gasteiger charge is 2.35. The van der Waals surface area contributed by atoms with Gasteiger partial charge in [-0.05, 0) is 22.3 Å². The molecule has 4 aromatic rings. The Labute approximate surface area is 204 Å². The molecule has 6 rings (SSSR count). The van der Waals surface area contributed by atoms with Crippen LogP contribution in [0.2, 0.25) is 0 Å². The summed E-state index contributed by atoms with van der Waals surface area (Å²) in [6.07, 6.45) is -1.47. The van der Waals surface area contributed by atoms with E-state index in [1.54, 1.807) is 0 Å². The van der Waals surface area contributed by atoms with Crippen LogP contribution in [0.3, 0.4) is 0 Å². The maximum absolute atomic E-state index is 12.6. The van der Waals surface area contributed by atoms with Crippen molar-refractivity contribution in [1.29, 1.82) is 0 Å². The average Bonchev–Trinajstić information content (AvgIpc) is 3.56. The number of hydrogen-bond acceptors (Lipinski definition) is 8. The highest BCUT2D eigenvalue weighted by Crippen LogP contribution is 2.44. The molecule has 1 fully saturated rings. The van der Waals surface area contributed by atoms with Crippen molar-refractivity contribution in [3.63, 3.8) is 0 Å². The second-order valence-corrected chi connectivity index (χ2v) is 8.80. The Kier molecular flexibility index (Phi) is 5.52. The lowest BCUT2D eigenvalue weighted by atomic mass is 9.98. The van der Waals surface area contributed by atoms with E-state index >= 15 is 0 Å². The molecule has 2 aliphatic rings. The minimum Gasteiger partial charge on any atom is -0.448 e. The highest BCUT2D eigenvalue weighted by molar-refractivity contribution is 5.84. The van der Waals surface area contributed by atoms with E-state index in [1.807, 2.05) is 36.4 Å². The SMILES string of the molecule is O=C(Nc1nc2c(ncn2C2CC(O)C(CO)O2)c(=O)[nH]1)OCC1c2ccccc2-c2ccccc21. The molecule has 3 heterocycles. The van der Waals surface area contributed by atoms with Gasteiger partial charge in [0, 0.05) is 12.3 Å². The topological polar surface area (TPSA) is 152 Å². The largest absolute Gasteiger partial charge is 0.448 e. The van der Waals surface area contributed by atoms with Crippen LogP contribution in [0.1, 0.15) is 29.7 Å². The van der Waals surface area contributed by atoms with E-state index < -0.39 is 30.1 Å². The first-order chi connectivity index (χ1) is 17.5. The summed E-state index contributed by atoms with van der Waals surface area (Å²) in [5.41, 5.74) is 4.09. The van der Waals surface area contributed by atoms with Crippen LogP contribution in [0, 0.1) is 0 Å². The minimum atomic E-state index is -0.863. The summed E-state index contributed by atoms with van der Waals surface area (Å²) in [5.74, 6) is -0.215. The number of aromatic amines is 1. The molecule has 3 unspecified atom stereocenters. The lowest BCUT2D eigenvalue weighted by molar-refractivity contribution is -0.0432. The van der Waals surface area contributed by atoms with E-state index in [2.05, 4.69) is 32.4 Å². The van der Waals surface area contributed by atoms with E-state index in [4.69, 9.17) is 9.47 Å². The molecule has 2 aromatic carbocycles. The predicted molar refractivity (Wildman–Crippen MR) is 128 cm³/mol. The molecule has 1 aliphatic carbocycles. The molecule has 184 valence electrons. The molecule has 3 atom stereocenters. The predicted octanol–water partition coefficient (Wildman–Crippen LogP) is 2.12. The average molecular weight is 489 g/mol. The van der Waals surface area contributed by atoms with Crippen molar-refractivity contribution >= 4 is 23.2 Å². The molecule has 36 heavy (non-hydrogen) atoms. The van der Waals surface area contributed by atoms with Crippen LogP contribution < -0.4 is 10.9 Å². The number of H-pyrrole nitrogens is 1. The summed E-state index contributed by atoms with van der Waals surface area (Å²) in [5, 5.41) is 21.9. The van der Waals surface area contributed by atoms with Crippen LogP contribution in [0.4, 0.5) is 10.7 Å². The third-order valence-corrected chi connectivity index (χ3v) is 6.69. The van der Waals surface area contributed by atoms with Crippen molar-refractivity contribution in [3.05, 3.63) is 76.3 Å². The number of carbonyl (C=O) groups excluding carboxylic acids is 1. The van der Waals surface area contributed by atoms with E-state index in [1.165, 1.54) is 10.9 Å². The van der Waals surface area contributed by atoms with Gasteiger partial charge in [-0.1, -0.05) is 48.5 Å². The number of aliphatic hydroxyl groups excluding tert-OH is 2. The van der Waals surface area contributed by atoms with Gasteiger partial charge in [-0.2, -0.15) is 4.98 Å². The quantitative estimate of drug-likeness (QED) is 0.333. The van der Waals surface area contributed by atoms with Crippen molar-refractivity contribution in [2.45, 2.75) is 30.8 Å². The van der Waals surface area contributed by atoms with Crippen LogP contribution in [0.15, 0.2) is 59.7 Å². The number of carbonyl (C=O) groups is 1. The molecule has 0 saturated carbocycles. The molecule has 0 spiro atoms. The van der Waals surface area contributed by atoms with Gasteiger partial charge >= 0.3 is 6.09 Å². The molecule has 0 radical (unpaired) electrons. The molecule has 2 aromatic heterocycles. The fraction of sp³-hybridized carbons (Fsp3) is 0.280. The molecule has 1 aliphatic heterocycles. The Bertz CT molecular complexity index is 1470. The summed E-state index contributed by atoms with van der Waals surface area (Å²) in [4.78, 5) is 36.1. The number of amides is 1. The molecule has 1 amide bonds. The first-order valence-electron chi connectivity index (χ1n) is 11.6. The number of hydrogen-bond donors (Lipinski definition) is 4. The van der Waals surface area contributed by atoms with Crippen LogP contribution in [0.5, 0.6) is 0 Å². The Morgan fingerprint density at radius 2 is 1.86 bits per heavy atom. The third kappa shape index (κ3) is 3.73. The zero-order chi connectivity index (χ0) is 24.8. The third-order valence-electron chi connectivity index (χ3n) is 6.69. The number of anilines is 1. The van der Waals surface area contributed by atoms with Crippen molar-refractivity contribution in [1.82, 2.24) is 19.5 Å². The first-order valence-corrected chi connectivity index (χ1v) is 11.6. The monoisotopic (exact) mass is 489 g/mol. The maximum atomic E-state index is 12.6. The first kappa shape index (κ1) is 22.4. The lowest BCUT2D eigenvalue weighted by Crippen LogP contribution is -2.24. The number of benzene rings is 2. The zero-order valence-corrected chi connectivity index (χ0v) is 19.0. The normalized spacial score (nSPS) is 20.9. The Hall–Kier alpha value is -4.06. The maximum Gasteiger partial charge on any atom is 0.414 e. The highest BCUT2D eigenvalue weighted by atomic mass is 16.6. The standard InChI is InChI=1S/C25H23N5O6/c31-10-19-18(32)9-20(36-19)30-12-26-21-22(30)27-24(28-23(21)33)29-25(34)35-11-17-15-7-3-1-5-13(15)14-6-2-4-8-16(14)17/h1-8,12,17-20,31-32H,9-11H2,(H2,27,28,29,33,34). The minimum absolute atomic E-state index is 0.0543. The number of fused-ring (bicyclic) bond motifs is 4. The van der Waals surface area contributed by atoms with Crippen molar-refractivity contribution < 1.29 is 24.5 Å². The number of nitrogens with zero attached hydrogens (tertiary/aromatic N) is 3. The second-order valence-electron chi connectivity index (χ2n) is 8.80. The van der Waals surface area contributed by atoms with E-state index in [9.17, 15) is 19.8 Å². The Morgan fingerprint density at radius 3 is 2.53 bits per heavy atom. The number of rotatable bonds is 5. The fourth-order valence-corrected chi connectivity index (χ4v) is 4.98. The Morgan fingerprint density at radius 1 is 1.17 bits per heavy atom. The number of ether oxygens (including phenoxy) is 2. The van der Waals surface area contributed by atoms with Gasteiger partial charge in [-0.25, -0.2) is 9.78 Å². The number of aromatic nitrogens is 4. The van der Waals surface area contributed by atoms with Crippen LogP contribution in [-0.4, -0.2) is 61.2 Å². The second kappa shape index (κ2) is 8.86. The summed E-state index contributed by atoms with van der Waals surface area (Å²) in [6.45, 7) is -0.229. The molecule has 11 nitrogen and oxygen atoms in total. The van der Waals surface area contributed by atoms with Gasteiger partial charge in [0.05, 0.1) is 19.0 Å². The molecule has 1 saturated heterocycles. The summed E-state index contributed by atoms with van der Waals surface area (Å²) >= 11 is 0. The van der Waals surface area contributed by atoms with Gasteiger partial charge in [0.25, 0.3) is 5.56 Å². The molecular formula is C25H23N5O6. The van der Waals surface area contributed by atoms with Gasteiger partial charge in [-0.15, -0.1) is 0 Å². The molecule has 11 heteroatoms. The molecule has 0 bridgehead atoms. The zero-order valence-electron chi connectivity index (χ0n) is 19.0. The van der Waals surface area contributed by atoms with Gasteiger partial charge in [0.2, 0.25) is 5.95 Å². The van der Waals surface area contributed by atoms with Crippen molar-refractivity contribution in [3.8, 4) is 11.1 Å². The molecular weight excluding hydrogens is 466 g/mol. The van der Waals surface area contributed by atoms with Crippen LogP contribution in [-0.2, 0) is 9.47 Å². The van der Waals surface area contributed by atoms with Crippen LogP contribution >= 0.6 is 0 Å². The number of aliphatic hydroxyl groups is 2. The summed E-state index contributed by atoms with van der Waals surface area (Å²) in [6, 6.07) is 16.0. The van der Waals surface area contributed by atoms with Gasteiger partial charge in [0.1, 0.15) is 18.9 Å². The van der Waals surface area contributed by atoms with Gasteiger partial charge in [0.15, 0.2) is 11.2 Å². The van der Waals surface area contributed by atoms with Crippen molar-refractivity contribution in [2.75, 3.05) is 18.5 Å². The Balaban J connectivity index is 1.20. The summed E-state index contributed by atoms with van der Waals surface area (Å²) < 4.78 is 12.7. The van der Waals surface area contributed by atoms with Crippen molar-refractivity contribution in [2.24, 2.45) is 0 Å². The smallest absolute Gasteiger partial charge is 0.414 e. The lowest BCUT2D eigenvalue weighted by Gasteiger charge is -2.15. The molecule has 4 N–H and O–H groups in total. The fourth-order valence-electron chi connectivity index (χ4n) is 4.98. The van der Waals surface area contributed by atoms with E-state index in [0.29, 0.717) is 0 Å². The van der Waals surface area contributed by atoms with Gasteiger partial charge < -0.3 is 19.7 Å². The van der Waals surface area contributed by atoms with Crippen LogP contribution in [0.25, 0.3) is 22.3 Å². The summed E-state index contributed by atoms with van der Waals surface area (Å²) in [7, 11) is 0. The van der Waals surface area contributed by atoms with E-state index in [-0.39, 0.29) is 42.7 Å². The number of imidazole rings is 1. The number of nitrogens with one attached hydrogen (secondary N) is 2.